The number of Topliss-reactive ketones (excluding diaryl/α,β-unsaturated/α-hetero) is 1. The summed E-state index contributed by atoms with van der Waals surface area (Å²) >= 11 is 5.87. The number of ketones is 1. The summed E-state index contributed by atoms with van der Waals surface area (Å²) in [4.78, 5) is 12.6. The first-order valence-electron chi connectivity index (χ1n) is 6.67. The molecule has 0 atom stereocenters. The summed E-state index contributed by atoms with van der Waals surface area (Å²) < 4.78 is 10.5. The van der Waals surface area contributed by atoms with Crippen molar-refractivity contribution in [2.24, 2.45) is 0 Å². The van der Waals surface area contributed by atoms with Gasteiger partial charge in [0, 0.05) is 17.2 Å². The Hall–Kier alpha value is -2.46. The minimum absolute atomic E-state index is 0.107. The first kappa shape index (κ1) is 14.5. The lowest BCUT2D eigenvalue weighted by Crippen LogP contribution is -2.01. The van der Waals surface area contributed by atoms with Crippen molar-refractivity contribution in [3.8, 4) is 11.5 Å². The minimum Gasteiger partial charge on any atom is -0.497 e. The van der Waals surface area contributed by atoms with Crippen molar-refractivity contribution in [1.29, 1.82) is 0 Å². The summed E-state index contributed by atoms with van der Waals surface area (Å²) in [6.45, 7) is 0. The third-order valence-corrected chi connectivity index (χ3v) is 3.71. The number of halogens is 1. The molecule has 0 amide bonds. The van der Waals surface area contributed by atoms with Gasteiger partial charge in [0.05, 0.1) is 31.2 Å². The van der Waals surface area contributed by atoms with Crippen LogP contribution in [0.1, 0.15) is 15.9 Å². The molecular weight excluding hydrogens is 302 g/mol. The highest BCUT2D eigenvalue weighted by Crippen LogP contribution is 2.39. The van der Waals surface area contributed by atoms with Gasteiger partial charge in [-0.25, -0.2) is 0 Å². The Morgan fingerprint density at radius 1 is 1.09 bits per heavy atom. The van der Waals surface area contributed by atoms with E-state index in [-0.39, 0.29) is 5.78 Å². The van der Waals surface area contributed by atoms with Gasteiger partial charge in [0.25, 0.3) is 0 Å². The second kappa shape index (κ2) is 5.73. The molecule has 2 aromatic rings. The molecule has 0 spiro atoms. The maximum Gasteiger partial charge on any atom is 0.215 e. The zero-order chi connectivity index (χ0) is 15.7. The van der Waals surface area contributed by atoms with Gasteiger partial charge in [-0.3, -0.25) is 4.79 Å². The smallest absolute Gasteiger partial charge is 0.215 e. The largest absolute Gasteiger partial charge is 0.497 e. The Kier molecular flexibility index (Phi) is 3.77. The number of rotatable bonds is 3. The number of nitrogens with one attached hydrogen (secondary N) is 1. The maximum atomic E-state index is 12.6. The normalized spacial score (nSPS) is 14.7. The first-order valence-corrected chi connectivity index (χ1v) is 7.05. The topological polar surface area (TPSA) is 47.6 Å². The molecule has 0 saturated heterocycles. The fourth-order valence-corrected chi connectivity index (χ4v) is 2.49. The molecule has 1 N–H and O–H groups in total. The molecule has 0 aliphatic carbocycles. The summed E-state index contributed by atoms with van der Waals surface area (Å²) in [5.41, 5.74) is 2.58. The summed E-state index contributed by atoms with van der Waals surface area (Å²) in [5.74, 6) is 1.01. The van der Waals surface area contributed by atoms with E-state index in [2.05, 4.69) is 5.32 Å². The van der Waals surface area contributed by atoms with Gasteiger partial charge in [0.1, 0.15) is 11.5 Å². The summed E-state index contributed by atoms with van der Waals surface area (Å²) in [5, 5.41) is 3.77. The van der Waals surface area contributed by atoms with Gasteiger partial charge in [-0.1, -0.05) is 23.7 Å². The second-order valence-electron chi connectivity index (χ2n) is 4.82. The predicted octanol–water partition coefficient (Wildman–Crippen LogP) is 4.01. The Morgan fingerprint density at radius 2 is 1.82 bits per heavy atom. The van der Waals surface area contributed by atoms with E-state index < -0.39 is 0 Å². The predicted molar refractivity (Wildman–Crippen MR) is 86.9 cm³/mol. The van der Waals surface area contributed by atoms with E-state index in [0.29, 0.717) is 33.5 Å². The minimum atomic E-state index is -0.107. The van der Waals surface area contributed by atoms with Gasteiger partial charge in [0.15, 0.2) is 0 Å². The van der Waals surface area contributed by atoms with E-state index in [1.165, 1.54) is 7.11 Å². The monoisotopic (exact) mass is 315 g/mol. The molecule has 0 radical (unpaired) electrons. The summed E-state index contributed by atoms with van der Waals surface area (Å²) in [6, 6.07) is 10.7. The lowest BCUT2D eigenvalue weighted by atomic mass is 10.1. The van der Waals surface area contributed by atoms with Crippen molar-refractivity contribution in [3.63, 3.8) is 0 Å². The molecule has 22 heavy (non-hydrogen) atoms. The molecule has 4 nitrogen and oxygen atoms in total. The summed E-state index contributed by atoms with van der Waals surface area (Å²) in [6.07, 6.45) is 1.78. The van der Waals surface area contributed by atoms with Gasteiger partial charge >= 0.3 is 0 Å². The zero-order valence-corrected chi connectivity index (χ0v) is 12.9. The Balaban J connectivity index is 2.02. The maximum absolute atomic E-state index is 12.6. The number of ether oxygens (including phenoxy) is 2. The van der Waals surface area contributed by atoms with Gasteiger partial charge in [0.2, 0.25) is 5.78 Å². The van der Waals surface area contributed by atoms with E-state index in [9.17, 15) is 4.79 Å². The molecule has 0 fully saturated rings. The number of hydrogen-bond acceptors (Lipinski definition) is 4. The van der Waals surface area contributed by atoms with Crippen LogP contribution in [0.25, 0.3) is 6.08 Å². The SMILES string of the molecule is COc1cc2c(c(OC)c1)C(=O)/C(=C/c1ccc(Cl)cc1)N2. The van der Waals surface area contributed by atoms with E-state index in [1.54, 1.807) is 37.5 Å². The molecule has 1 heterocycles. The van der Waals surface area contributed by atoms with Crippen LogP contribution in [-0.4, -0.2) is 20.0 Å². The highest BCUT2D eigenvalue weighted by Gasteiger charge is 2.29. The standard InChI is InChI=1S/C17H14ClNO3/c1-21-12-8-13-16(15(9-12)22-2)17(20)14(19-13)7-10-3-5-11(18)6-4-10/h3-9,19H,1-2H3/b14-7-. The third kappa shape index (κ3) is 2.53. The van der Waals surface area contributed by atoms with Crippen molar-refractivity contribution in [3.05, 3.63) is 58.2 Å². The molecule has 112 valence electrons. The Labute approximate surface area is 133 Å². The van der Waals surface area contributed by atoms with Crippen LogP contribution in [0.2, 0.25) is 5.02 Å². The highest BCUT2D eigenvalue weighted by molar-refractivity contribution is 6.30. The van der Waals surface area contributed by atoms with Gasteiger partial charge < -0.3 is 14.8 Å². The molecule has 0 aromatic heterocycles. The molecule has 0 unspecified atom stereocenters. The number of anilines is 1. The number of fused-ring (bicyclic) bond motifs is 1. The zero-order valence-electron chi connectivity index (χ0n) is 12.1. The molecule has 0 bridgehead atoms. The van der Waals surface area contributed by atoms with E-state index in [0.717, 1.165) is 5.56 Å². The van der Waals surface area contributed by atoms with E-state index >= 15 is 0 Å². The molecule has 1 aliphatic rings. The second-order valence-corrected chi connectivity index (χ2v) is 5.25. The number of methoxy groups -OCH3 is 2. The Bertz CT molecular complexity index is 766. The third-order valence-electron chi connectivity index (χ3n) is 3.45. The van der Waals surface area contributed by atoms with Crippen LogP contribution < -0.4 is 14.8 Å². The van der Waals surface area contributed by atoms with Crippen molar-refractivity contribution in [2.45, 2.75) is 0 Å². The highest BCUT2D eigenvalue weighted by atomic mass is 35.5. The van der Waals surface area contributed by atoms with Crippen molar-refractivity contribution in [1.82, 2.24) is 0 Å². The van der Waals surface area contributed by atoms with Crippen LogP contribution >= 0.6 is 11.6 Å². The molecule has 2 aromatic carbocycles. The average molecular weight is 316 g/mol. The Morgan fingerprint density at radius 3 is 2.45 bits per heavy atom. The number of allylic oxidation sites excluding steroid dienone is 1. The fourth-order valence-electron chi connectivity index (χ4n) is 2.37. The van der Waals surface area contributed by atoms with Crippen LogP contribution in [0.5, 0.6) is 11.5 Å². The van der Waals surface area contributed by atoms with Gasteiger partial charge in [-0.15, -0.1) is 0 Å². The van der Waals surface area contributed by atoms with Crippen molar-refractivity contribution in [2.75, 3.05) is 19.5 Å². The molecular formula is C17H14ClNO3. The first-order chi connectivity index (χ1) is 10.6. The quantitative estimate of drug-likeness (QED) is 0.869. The van der Waals surface area contributed by atoms with Crippen molar-refractivity contribution >= 4 is 29.1 Å². The van der Waals surface area contributed by atoms with E-state index in [4.69, 9.17) is 21.1 Å². The molecule has 5 heteroatoms. The van der Waals surface area contributed by atoms with Gasteiger partial charge in [-0.2, -0.15) is 0 Å². The molecule has 1 aliphatic heterocycles. The van der Waals surface area contributed by atoms with Crippen LogP contribution in [0.15, 0.2) is 42.1 Å². The molecule has 0 saturated carbocycles. The number of carbonyl (C=O) groups excluding carboxylic acids is 1. The van der Waals surface area contributed by atoms with Crippen molar-refractivity contribution < 1.29 is 14.3 Å². The van der Waals surface area contributed by atoms with Gasteiger partial charge in [-0.05, 0) is 23.8 Å². The van der Waals surface area contributed by atoms with Crippen LogP contribution in [0.3, 0.4) is 0 Å². The van der Waals surface area contributed by atoms with E-state index in [1.807, 2.05) is 12.1 Å². The molecule has 3 rings (SSSR count). The lowest BCUT2D eigenvalue weighted by Gasteiger charge is -2.08. The van der Waals surface area contributed by atoms with Crippen LogP contribution in [0, 0.1) is 0 Å². The fraction of sp³-hybridized carbons (Fsp3) is 0.118. The summed E-state index contributed by atoms with van der Waals surface area (Å²) in [7, 11) is 3.10. The lowest BCUT2D eigenvalue weighted by molar-refractivity contribution is 0.104. The number of benzene rings is 2. The number of carbonyl (C=O) groups is 1. The average Bonchev–Trinajstić information content (AvgIpc) is 2.85. The van der Waals surface area contributed by atoms with Crippen LogP contribution in [-0.2, 0) is 0 Å². The van der Waals surface area contributed by atoms with Crippen LogP contribution in [0.4, 0.5) is 5.69 Å². The number of hydrogen-bond donors (Lipinski definition) is 1.